The van der Waals surface area contributed by atoms with Crippen LogP contribution in [0.25, 0.3) is 0 Å². The summed E-state index contributed by atoms with van der Waals surface area (Å²) in [5.74, 6) is 0.0368. The van der Waals surface area contributed by atoms with Gasteiger partial charge >= 0.3 is 0 Å². The smallest absolute Gasteiger partial charge is 0.251 e. The van der Waals surface area contributed by atoms with Crippen LogP contribution in [0, 0.1) is 0 Å². The lowest BCUT2D eigenvalue weighted by molar-refractivity contribution is -0.112. The number of sulfonamides is 1. The molecule has 0 atom stereocenters. The van der Waals surface area contributed by atoms with E-state index in [2.05, 4.69) is 50.1 Å². The van der Waals surface area contributed by atoms with E-state index in [9.17, 15) is 18.0 Å². The summed E-state index contributed by atoms with van der Waals surface area (Å²) in [5.41, 5.74) is 3.31. The number of anilines is 1. The summed E-state index contributed by atoms with van der Waals surface area (Å²) >= 11 is 0. The van der Waals surface area contributed by atoms with Gasteiger partial charge in [0.1, 0.15) is 5.76 Å². The third-order valence-electron chi connectivity index (χ3n) is 6.02. The van der Waals surface area contributed by atoms with Gasteiger partial charge in [0.2, 0.25) is 15.9 Å². The number of benzene rings is 2. The number of rotatable bonds is 7. The second-order valence-corrected chi connectivity index (χ2v) is 11.6. The minimum atomic E-state index is -3.79. The van der Waals surface area contributed by atoms with Gasteiger partial charge in [0.15, 0.2) is 5.88 Å². The van der Waals surface area contributed by atoms with E-state index in [0.29, 0.717) is 23.4 Å². The standard InChI is InChI=1S/C27H29N3O5S/c1-5-24(31)29-25-14-20-16-30(17-23(20)35-25)36(33,34)22-12-8-19(9-13-22)26(32)28-15-18-6-10-21(11-7-18)27(2,3)4/h5-14H,1,15-17H2,2-4H3,(H,28,32)(H,29,31). The van der Waals surface area contributed by atoms with Crippen LogP contribution in [-0.4, -0.2) is 24.5 Å². The monoisotopic (exact) mass is 507 g/mol. The number of nitrogens with zero attached hydrogens (tertiary/aromatic N) is 1. The Bertz CT molecular complexity index is 1380. The van der Waals surface area contributed by atoms with Gasteiger partial charge in [-0.05, 0) is 46.9 Å². The molecule has 8 nitrogen and oxygen atoms in total. The van der Waals surface area contributed by atoms with Crippen molar-refractivity contribution in [3.63, 3.8) is 0 Å². The third-order valence-corrected chi connectivity index (χ3v) is 7.83. The maximum atomic E-state index is 13.1. The Hall–Kier alpha value is -3.69. The fourth-order valence-corrected chi connectivity index (χ4v) is 5.25. The van der Waals surface area contributed by atoms with Crippen molar-refractivity contribution in [1.29, 1.82) is 0 Å². The Morgan fingerprint density at radius 3 is 2.31 bits per heavy atom. The first kappa shape index (κ1) is 25.4. The summed E-state index contributed by atoms with van der Waals surface area (Å²) in [5, 5.41) is 5.39. The van der Waals surface area contributed by atoms with Gasteiger partial charge in [-0.1, -0.05) is 51.6 Å². The minimum Gasteiger partial charge on any atom is -0.444 e. The van der Waals surface area contributed by atoms with Gasteiger partial charge in [-0.3, -0.25) is 14.9 Å². The van der Waals surface area contributed by atoms with Crippen molar-refractivity contribution in [2.45, 2.75) is 50.7 Å². The molecule has 188 valence electrons. The van der Waals surface area contributed by atoms with Gasteiger partial charge in [0.25, 0.3) is 5.91 Å². The average molecular weight is 508 g/mol. The molecule has 0 fully saturated rings. The van der Waals surface area contributed by atoms with Gasteiger partial charge in [-0.2, -0.15) is 4.31 Å². The van der Waals surface area contributed by atoms with Gasteiger partial charge in [0, 0.05) is 30.3 Å². The van der Waals surface area contributed by atoms with Gasteiger partial charge < -0.3 is 9.73 Å². The normalized spacial score (nSPS) is 13.8. The molecule has 36 heavy (non-hydrogen) atoms. The molecule has 0 radical (unpaired) electrons. The molecule has 0 spiro atoms. The van der Waals surface area contributed by atoms with Crippen LogP contribution >= 0.6 is 0 Å². The first-order valence-electron chi connectivity index (χ1n) is 11.5. The van der Waals surface area contributed by atoms with Crippen molar-refractivity contribution in [1.82, 2.24) is 9.62 Å². The molecule has 0 saturated heterocycles. The molecule has 2 heterocycles. The second kappa shape index (κ2) is 9.75. The average Bonchev–Trinajstić information content (AvgIpc) is 3.41. The summed E-state index contributed by atoms with van der Waals surface area (Å²) in [6.45, 7) is 10.4. The predicted molar refractivity (Wildman–Crippen MR) is 137 cm³/mol. The number of hydrogen-bond donors (Lipinski definition) is 2. The van der Waals surface area contributed by atoms with Crippen LogP contribution in [0.1, 0.15) is 53.6 Å². The number of carbonyl (C=O) groups is 2. The Labute approximate surface area is 211 Å². The fraction of sp³-hybridized carbons (Fsp3) is 0.259. The zero-order valence-electron chi connectivity index (χ0n) is 20.5. The van der Waals surface area contributed by atoms with Crippen LogP contribution in [0.4, 0.5) is 5.88 Å². The molecule has 0 aliphatic carbocycles. The minimum absolute atomic E-state index is 0.0534. The topological polar surface area (TPSA) is 109 Å². The highest BCUT2D eigenvalue weighted by Crippen LogP contribution is 2.32. The highest BCUT2D eigenvalue weighted by Gasteiger charge is 2.33. The van der Waals surface area contributed by atoms with E-state index in [-0.39, 0.29) is 35.2 Å². The van der Waals surface area contributed by atoms with Gasteiger partial charge in [-0.15, -0.1) is 0 Å². The molecule has 0 unspecified atom stereocenters. The molecule has 1 aliphatic heterocycles. The quantitative estimate of drug-likeness (QED) is 0.463. The van der Waals surface area contributed by atoms with Crippen molar-refractivity contribution >= 4 is 27.7 Å². The molecular formula is C27H29N3O5S. The predicted octanol–water partition coefficient (Wildman–Crippen LogP) is 4.34. The zero-order chi connectivity index (χ0) is 26.1. The van der Waals surface area contributed by atoms with Crippen LogP contribution in [-0.2, 0) is 39.9 Å². The van der Waals surface area contributed by atoms with Crippen LogP contribution in [0.5, 0.6) is 0 Å². The summed E-state index contributed by atoms with van der Waals surface area (Å²) in [7, 11) is -3.79. The molecule has 3 aromatic rings. The van der Waals surface area contributed by atoms with Crippen LogP contribution in [0.2, 0.25) is 0 Å². The first-order chi connectivity index (χ1) is 17.0. The van der Waals surface area contributed by atoms with Crippen molar-refractivity contribution in [3.8, 4) is 0 Å². The van der Waals surface area contributed by atoms with E-state index >= 15 is 0 Å². The van der Waals surface area contributed by atoms with Crippen molar-refractivity contribution in [2.75, 3.05) is 5.32 Å². The molecule has 0 bridgehead atoms. The third kappa shape index (κ3) is 5.42. The number of carbonyl (C=O) groups excluding carboxylic acids is 2. The largest absolute Gasteiger partial charge is 0.444 e. The highest BCUT2D eigenvalue weighted by molar-refractivity contribution is 7.89. The van der Waals surface area contributed by atoms with E-state index in [1.807, 2.05) is 12.1 Å². The lowest BCUT2D eigenvalue weighted by Gasteiger charge is -2.19. The van der Waals surface area contributed by atoms with Crippen molar-refractivity contribution in [3.05, 3.63) is 95.3 Å². The van der Waals surface area contributed by atoms with Crippen LogP contribution < -0.4 is 10.6 Å². The van der Waals surface area contributed by atoms with E-state index < -0.39 is 15.9 Å². The maximum absolute atomic E-state index is 13.1. The van der Waals surface area contributed by atoms with Crippen molar-refractivity contribution in [2.24, 2.45) is 0 Å². The zero-order valence-corrected chi connectivity index (χ0v) is 21.3. The highest BCUT2D eigenvalue weighted by atomic mass is 32.2. The van der Waals surface area contributed by atoms with Gasteiger partial charge in [-0.25, -0.2) is 8.42 Å². The number of fused-ring (bicyclic) bond motifs is 1. The van der Waals surface area contributed by atoms with Crippen LogP contribution in [0.15, 0.2) is 76.6 Å². The van der Waals surface area contributed by atoms with Crippen LogP contribution in [0.3, 0.4) is 0 Å². The molecule has 0 saturated carbocycles. The second-order valence-electron chi connectivity index (χ2n) is 9.68. The van der Waals surface area contributed by atoms with Crippen molar-refractivity contribution < 1.29 is 22.4 Å². The summed E-state index contributed by atoms with van der Waals surface area (Å²) < 4.78 is 33.0. The van der Waals surface area contributed by atoms with E-state index in [1.165, 1.54) is 34.1 Å². The lowest BCUT2D eigenvalue weighted by Crippen LogP contribution is -2.26. The van der Waals surface area contributed by atoms with Gasteiger partial charge in [0.05, 0.1) is 11.4 Å². The molecule has 2 amide bonds. The van der Waals surface area contributed by atoms with E-state index in [4.69, 9.17) is 4.42 Å². The molecule has 2 N–H and O–H groups in total. The molecule has 1 aliphatic rings. The summed E-state index contributed by atoms with van der Waals surface area (Å²) in [4.78, 5) is 24.1. The number of nitrogens with one attached hydrogen (secondary N) is 2. The maximum Gasteiger partial charge on any atom is 0.251 e. The molecule has 4 rings (SSSR count). The molecule has 9 heteroatoms. The fourth-order valence-electron chi connectivity index (χ4n) is 3.88. The Morgan fingerprint density at radius 2 is 1.72 bits per heavy atom. The SMILES string of the molecule is C=CC(=O)Nc1cc2c(o1)CN(S(=O)(=O)c1ccc(C(=O)NCc3ccc(C(C)(C)C)cc3)cc1)C2. The first-order valence-corrected chi connectivity index (χ1v) is 12.9. The summed E-state index contributed by atoms with van der Waals surface area (Å²) in [6.07, 6.45) is 1.12. The Morgan fingerprint density at radius 1 is 1.06 bits per heavy atom. The Balaban J connectivity index is 1.37. The number of amides is 2. The molecule has 2 aromatic carbocycles. The Kier molecular flexibility index (Phi) is 6.88. The van der Waals surface area contributed by atoms with E-state index in [0.717, 1.165) is 11.6 Å². The molecule has 1 aromatic heterocycles. The lowest BCUT2D eigenvalue weighted by atomic mass is 9.87. The summed E-state index contributed by atoms with van der Waals surface area (Å²) in [6, 6.07) is 15.6. The number of hydrogen-bond acceptors (Lipinski definition) is 5. The molecular weight excluding hydrogens is 478 g/mol. The van der Waals surface area contributed by atoms with E-state index in [1.54, 1.807) is 6.07 Å². The number of furan rings is 1.